The Kier molecular flexibility index (Phi) is 12.6. The minimum atomic E-state index is -0.200. The van der Waals surface area contributed by atoms with Crippen LogP contribution in [-0.4, -0.2) is 29.8 Å². The van der Waals surface area contributed by atoms with Gasteiger partial charge in [0.15, 0.2) is 0 Å². The normalized spacial score (nSPS) is 12.7. The van der Waals surface area contributed by atoms with Crippen molar-refractivity contribution >= 4 is 17.7 Å². The average molecular weight is 292 g/mol. The van der Waals surface area contributed by atoms with Crippen LogP contribution in [0, 0.1) is 0 Å². The molecule has 1 unspecified atom stereocenters. The van der Waals surface area contributed by atoms with Gasteiger partial charge in [0.2, 0.25) is 0 Å². The van der Waals surface area contributed by atoms with E-state index in [-0.39, 0.29) is 24.0 Å². The number of hydrogen-bond acceptors (Lipinski definition) is 3. The lowest BCUT2D eigenvalue weighted by Gasteiger charge is -2.16. The van der Waals surface area contributed by atoms with Gasteiger partial charge in [-0.3, -0.25) is 9.18 Å². The van der Waals surface area contributed by atoms with Gasteiger partial charge in [-0.25, -0.2) is 0 Å². The predicted octanol–water partition coefficient (Wildman–Crippen LogP) is 4.76. The zero-order chi connectivity index (χ0) is 14.5. The van der Waals surface area contributed by atoms with Gasteiger partial charge < -0.3 is 4.74 Å². The second-order valence-electron chi connectivity index (χ2n) is 5.09. The number of esters is 1. The molecule has 0 aliphatic carbocycles. The maximum Gasteiger partial charge on any atom is 0.319 e. The number of hydrogen-bond donors (Lipinski definition) is 0. The molecule has 0 aromatic carbocycles. The molecule has 0 fully saturated rings. The van der Waals surface area contributed by atoms with Gasteiger partial charge in [0.1, 0.15) is 5.25 Å². The molecular weight excluding hydrogens is 263 g/mol. The maximum absolute atomic E-state index is 11.9. The molecule has 1 atom stereocenters. The molecular formula is C15H29FO2S. The predicted molar refractivity (Wildman–Crippen MR) is 81.4 cm³/mol. The third-order valence-electron chi connectivity index (χ3n) is 2.76. The lowest BCUT2D eigenvalue weighted by atomic mass is 10.2. The smallest absolute Gasteiger partial charge is 0.319 e. The van der Waals surface area contributed by atoms with Crippen LogP contribution in [-0.2, 0) is 9.53 Å². The van der Waals surface area contributed by atoms with Crippen molar-refractivity contribution in [1.82, 2.24) is 0 Å². The summed E-state index contributed by atoms with van der Waals surface area (Å²) in [5.41, 5.74) is 0. The van der Waals surface area contributed by atoms with E-state index in [2.05, 4.69) is 6.92 Å². The van der Waals surface area contributed by atoms with Crippen LogP contribution in [0.15, 0.2) is 0 Å². The molecule has 0 spiro atoms. The van der Waals surface area contributed by atoms with Crippen LogP contribution in [0.3, 0.4) is 0 Å². The lowest BCUT2D eigenvalue weighted by Crippen LogP contribution is -2.23. The van der Waals surface area contributed by atoms with Crippen LogP contribution in [0.4, 0.5) is 4.39 Å². The quantitative estimate of drug-likeness (QED) is 0.383. The highest BCUT2D eigenvalue weighted by atomic mass is 32.2. The molecule has 0 bridgehead atoms. The zero-order valence-corrected chi connectivity index (χ0v) is 13.4. The van der Waals surface area contributed by atoms with Gasteiger partial charge >= 0.3 is 5.97 Å². The second-order valence-corrected chi connectivity index (χ2v) is 6.40. The first kappa shape index (κ1) is 18.8. The molecule has 0 rings (SSSR count). The second kappa shape index (κ2) is 12.8. The number of halogens is 1. The molecule has 0 amide bonds. The molecule has 0 aromatic rings. The van der Waals surface area contributed by atoms with Crippen LogP contribution < -0.4 is 0 Å². The van der Waals surface area contributed by atoms with Crippen molar-refractivity contribution in [2.75, 3.05) is 12.4 Å². The molecule has 0 aromatic heterocycles. The van der Waals surface area contributed by atoms with Crippen LogP contribution in [0.5, 0.6) is 0 Å². The monoisotopic (exact) mass is 292 g/mol. The fraction of sp³-hybridized carbons (Fsp3) is 0.933. The van der Waals surface area contributed by atoms with E-state index in [4.69, 9.17) is 4.74 Å². The Morgan fingerprint density at radius 2 is 1.79 bits per heavy atom. The van der Waals surface area contributed by atoms with E-state index >= 15 is 0 Å². The molecule has 0 aliphatic rings. The van der Waals surface area contributed by atoms with E-state index in [1.807, 2.05) is 13.8 Å². The number of thioether (sulfide) groups is 1. The fourth-order valence-electron chi connectivity index (χ4n) is 1.79. The Morgan fingerprint density at radius 3 is 2.37 bits per heavy atom. The summed E-state index contributed by atoms with van der Waals surface area (Å²) in [6, 6.07) is 0. The number of carbonyl (C=O) groups is 1. The number of unbranched alkanes of at least 4 members (excludes halogenated alkanes) is 4. The third kappa shape index (κ3) is 11.3. The van der Waals surface area contributed by atoms with Crippen LogP contribution in [0.25, 0.3) is 0 Å². The lowest BCUT2D eigenvalue weighted by molar-refractivity contribution is -0.146. The van der Waals surface area contributed by atoms with Crippen molar-refractivity contribution in [1.29, 1.82) is 0 Å². The van der Waals surface area contributed by atoms with E-state index in [0.717, 1.165) is 44.3 Å². The minimum Gasteiger partial charge on any atom is -0.462 e. The average Bonchev–Trinajstić information content (AvgIpc) is 2.35. The van der Waals surface area contributed by atoms with Crippen LogP contribution in [0.2, 0.25) is 0 Å². The molecule has 2 nitrogen and oxygen atoms in total. The molecule has 0 saturated carbocycles. The highest BCUT2D eigenvalue weighted by molar-refractivity contribution is 8.00. The molecule has 114 valence electrons. The summed E-state index contributed by atoms with van der Waals surface area (Å²) in [5, 5.41) is -0.0155. The zero-order valence-electron chi connectivity index (χ0n) is 12.6. The van der Waals surface area contributed by atoms with Crippen molar-refractivity contribution in [3.8, 4) is 0 Å². The number of ether oxygens (including phenoxy) is 1. The molecule has 0 aliphatic heterocycles. The van der Waals surface area contributed by atoms with Crippen molar-refractivity contribution in [2.24, 2.45) is 0 Å². The van der Waals surface area contributed by atoms with Crippen molar-refractivity contribution in [2.45, 2.75) is 77.1 Å². The third-order valence-corrected chi connectivity index (χ3v) is 4.12. The van der Waals surface area contributed by atoms with E-state index in [1.165, 1.54) is 0 Å². The summed E-state index contributed by atoms with van der Waals surface area (Å²) in [5.74, 6) is 0.923. The first-order valence-corrected chi connectivity index (χ1v) is 8.54. The highest BCUT2D eigenvalue weighted by Crippen LogP contribution is 2.20. The molecule has 19 heavy (non-hydrogen) atoms. The van der Waals surface area contributed by atoms with Gasteiger partial charge in [0.25, 0.3) is 0 Å². The SMILES string of the molecule is CCCC(SCCCCCCCF)C(=O)OC(C)C. The molecule has 4 heteroatoms. The van der Waals surface area contributed by atoms with Crippen molar-refractivity contribution in [3.63, 3.8) is 0 Å². The van der Waals surface area contributed by atoms with Gasteiger partial charge in [-0.15, -0.1) is 11.8 Å². The Balaban J connectivity index is 3.73. The van der Waals surface area contributed by atoms with Gasteiger partial charge in [-0.2, -0.15) is 0 Å². The first-order valence-electron chi connectivity index (χ1n) is 7.49. The topological polar surface area (TPSA) is 26.3 Å². The van der Waals surface area contributed by atoms with E-state index < -0.39 is 0 Å². The fourth-order valence-corrected chi connectivity index (χ4v) is 3.04. The summed E-state index contributed by atoms with van der Waals surface area (Å²) >= 11 is 1.71. The summed E-state index contributed by atoms with van der Waals surface area (Å²) in [6.07, 6.45) is 6.85. The Labute approximate surface area is 121 Å². The summed E-state index contributed by atoms with van der Waals surface area (Å²) in [4.78, 5) is 11.9. The van der Waals surface area contributed by atoms with E-state index in [1.54, 1.807) is 11.8 Å². The Morgan fingerprint density at radius 1 is 1.16 bits per heavy atom. The van der Waals surface area contributed by atoms with Crippen molar-refractivity contribution < 1.29 is 13.9 Å². The first-order chi connectivity index (χ1) is 9.11. The Hall–Kier alpha value is -0.250. The van der Waals surface area contributed by atoms with E-state index in [9.17, 15) is 9.18 Å². The largest absolute Gasteiger partial charge is 0.462 e. The molecule has 0 saturated heterocycles. The summed E-state index contributed by atoms with van der Waals surface area (Å²) in [7, 11) is 0. The summed E-state index contributed by atoms with van der Waals surface area (Å²) in [6.45, 7) is 5.66. The highest BCUT2D eigenvalue weighted by Gasteiger charge is 2.20. The summed E-state index contributed by atoms with van der Waals surface area (Å²) < 4.78 is 17.2. The number of alkyl halides is 1. The van der Waals surface area contributed by atoms with Gasteiger partial charge in [0, 0.05) is 0 Å². The maximum atomic E-state index is 11.9. The van der Waals surface area contributed by atoms with Crippen molar-refractivity contribution in [3.05, 3.63) is 0 Å². The number of carbonyl (C=O) groups excluding carboxylic acids is 1. The van der Waals surface area contributed by atoms with Crippen LogP contribution >= 0.6 is 11.8 Å². The number of rotatable bonds is 12. The Bertz CT molecular complexity index is 222. The van der Waals surface area contributed by atoms with Gasteiger partial charge in [-0.05, 0) is 38.9 Å². The van der Waals surface area contributed by atoms with E-state index in [0.29, 0.717) is 6.42 Å². The van der Waals surface area contributed by atoms with Gasteiger partial charge in [-0.1, -0.05) is 32.6 Å². The molecule has 0 radical (unpaired) electrons. The van der Waals surface area contributed by atoms with Crippen LogP contribution in [0.1, 0.15) is 65.7 Å². The standard InChI is InChI=1S/C15H29FO2S/c1-4-10-14(15(17)18-13(2)3)19-12-9-7-5-6-8-11-16/h13-14H,4-12H2,1-3H3. The van der Waals surface area contributed by atoms with Gasteiger partial charge in [0.05, 0.1) is 12.8 Å². The minimum absolute atomic E-state index is 0.0155. The molecule has 0 N–H and O–H groups in total. The molecule has 0 heterocycles.